The molecule has 0 spiro atoms. The van der Waals surface area contributed by atoms with E-state index >= 15 is 0 Å². The molecule has 0 aromatic rings. The number of ether oxygens (including phenoxy) is 1. The fraction of sp³-hybridized carbons (Fsp3) is 0.700. The van der Waals surface area contributed by atoms with Gasteiger partial charge in [0.05, 0.1) is 5.92 Å². The molecule has 0 saturated heterocycles. The molecule has 0 aromatic heterocycles. The van der Waals surface area contributed by atoms with E-state index in [1.807, 2.05) is 0 Å². The molecular formula is C10H15F3O2. The molecule has 1 unspecified atom stereocenters. The minimum atomic E-state index is -4.32. The number of rotatable bonds is 2. The van der Waals surface area contributed by atoms with Crippen molar-refractivity contribution in [3.05, 3.63) is 12.2 Å². The molecule has 0 radical (unpaired) electrons. The van der Waals surface area contributed by atoms with E-state index in [2.05, 4.69) is 0 Å². The summed E-state index contributed by atoms with van der Waals surface area (Å²) in [5.41, 5.74) is -0.692. The van der Waals surface area contributed by atoms with Crippen LogP contribution in [0, 0.1) is 5.92 Å². The second kappa shape index (κ2) is 4.68. The molecule has 0 aromatic carbocycles. The van der Waals surface area contributed by atoms with Gasteiger partial charge in [-0.05, 0) is 20.8 Å². The van der Waals surface area contributed by atoms with Crippen LogP contribution in [0.4, 0.5) is 13.2 Å². The summed E-state index contributed by atoms with van der Waals surface area (Å²) in [5, 5.41) is 0. The summed E-state index contributed by atoms with van der Waals surface area (Å²) in [6.45, 7) is 5.91. The van der Waals surface area contributed by atoms with E-state index in [0.29, 0.717) is 0 Å². The number of alkyl halides is 3. The van der Waals surface area contributed by atoms with Crippen molar-refractivity contribution < 1.29 is 22.7 Å². The molecule has 0 fully saturated rings. The molecule has 0 N–H and O–H groups in total. The molecule has 0 rings (SSSR count). The number of halogens is 3. The Hall–Kier alpha value is -1.00. The Balaban J connectivity index is 4.25. The first kappa shape index (κ1) is 14.0. The lowest BCUT2D eigenvalue weighted by Gasteiger charge is -2.18. The monoisotopic (exact) mass is 224 g/mol. The first-order valence-corrected chi connectivity index (χ1v) is 4.50. The highest BCUT2D eigenvalue weighted by atomic mass is 19.4. The van der Waals surface area contributed by atoms with Crippen molar-refractivity contribution in [3.63, 3.8) is 0 Å². The van der Waals surface area contributed by atoms with Crippen LogP contribution in [-0.2, 0) is 9.53 Å². The summed E-state index contributed by atoms with van der Waals surface area (Å²) >= 11 is 0. The van der Waals surface area contributed by atoms with Crippen LogP contribution < -0.4 is 0 Å². The smallest absolute Gasteiger partial charge is 0.394 e. The van der Waals surface area contributed by atoms with Crippen molar-refractivity contribution in [3.8, 4) is 0 Å². The van der Waals surface area contributed by atoms with Crippen molar-refractivity contribution in [2.24, 2.45) is 5.92 Å². The summed E-state index contributed by atoms with van der Waals surface area (Å²) in [6.07, 6.45) is -2.73. The SMILES string of the molecule is CC(C=CC(=O)OC(C)(C)C)C(F)(F)F. The second-order valence-electron chi connectivity index (χ2n) is 4.22. The molecule has 0 aliphatic rings. The lowest BCUT2D eigenvalue weighted by molar-refractivity contribution is -0.156. The first-order valence-electron chi connectivity index (χ1n) is 4.50. The molecule has 0 aliphatic heterocycles. The summed E-state index contributed by atoms with van der Waals surface area (Å²) in [7, 11) is 0. The van der Waals surface area contributed by atoms with Gasteiger partial charge in [0, 0.05) is 6.08 Å². The van der Waals surface area contributed by atoms with Gasteiger partial charge in [-0.2, -0.15) is 13.2 Å². The minimum Gasteiger partial charge on any atom is -0.457 e. The van der Waals surface area contributed by atoms with Crippen LogP contribution in [-0.4, -0.2) is 17.7 Å². The predicted octanol–water partition coefficient (Wildman–Crippen LogP) is 3.08. The lowest BCUT2D eigenvalue weighted by atomic mass is 10.1. The lowest BCUT2D eigenvalue weighted by Crippen LogP contribution is -2.23. The van der Waals surface area contributed by atoms with Gasteiger partial charge in [-0.3, -0.25) is 0 Å². The largest absolute Gasteiger partial charge is 0.457 e. The Morgan fingerprint density at radius 1 is 1.27 bits per heavy atom. The van der Waals surface area contributed by atoms with E-state index in [4.69, 9.17) is 4.74 Å². The zero-order valence-electron chi connectivity index (χ0n) is 9.18. The molecule has 0 saturated carbocycles. The van der Waals surface area contributed by atoms with E-state index < -0.39 is 23.7 Å². The Morgan fingerprint density at radius 2 is 1.73 bits per heavy atom. The van der Waals surface area contributed by atoms with E-state index in [1.54, 1.807) is 20.8 Å². The van der Waals surface area contributed by atoms with Gasteiger partial charge in [0.2, 0.25) is 0 Å². The topological polar surface area (TPSA) is 26.3 Å². The van der Waals surface area contributed by atoms with Crippen molar-refractivity contribution >= 4 is 5.97 Å². The van der Waals surface area contributed by atoms with E-state index in [0.717, 1.165) is 19.1 Å². The molecule has 0 bridgehead atoms. The third-order valence-electron chi connectivity index (χ3n) is 1.44. The average molecular weight is 224 g/mol. The molecule has 2 nitrogen and oxygen atoms in total. The maximum atomic E-state index is 12.0. The van der Waals surface area contributed by atoms with Crippen molar-refractivity contribution in [2.45, 2.75) is 39.5 Å². The summed E-state index contributed by atoms with van der Waals surface area (Å²) in [5.74, 6) is -2.41. The van der Waals surface area contributed by atoms with Crippen molar-refractivity contribution in [1.29, 1.82) is 0 Å². The number of carbonyl (C=O) groups is 1. The van der Waals surface area contributed by atoms with Crippen LogP contribution in [0.5, 0.6) is 0 Å². The molecule has 15 heavy (non-hydrogen) atoms. The van der Waals surface area contributed by atoms with Crippen LogP contribution in [0.3, 0.4) is 0 Å². The Morgan fingerprint density at radius 3 is 2.07 bits per heavy atom. The van der Waals surface area contributed by atoms with Crippen molar-refractivity contribution in [1.82, 2.24) is 0 Å². The van der Waals surface area contributed by atoms with E-state index in [9.17, 15) is 18.0 Å². The highest BCUT2D eigenvalue weighted by Crippen LogP contribution is 2.26. The molecule has 0 heterocycles. The van der Waals surface area contributed by atoms with Crippen LogP contribution in [0.1, 0.15) is 27.7 Å². The molecule has 1 atom stereocenters. The van der Waals surface area contributed by atoms with Gasteiger partial charge >= 0.3 is 12.1 Å². The standard InChI is InChI=1S/C10H15F3O2/c1-7(10(11,12)13)5-6-8(14)15-9(2,3)4/h5-7H,1-4H3. The van der Waals surface area contributed by atoms with Crippen molar-refractivity contribution in [2.75, 3.05) is 0 Å². The Labute approximate surface area is 87.1 Å². The highest BCUT2D eigenvalue weighted by Gasteiger charge is 2.34. The summed E-state index contributed by atoms with van der Waals surface area (Å²) < 4.78 is 40.9. The molecule has 5 heteroatoms. The predicted molar refractivity (Wildman–Crippen MR) is 50.2 cm³/mol. The zero-order chi connectivity index (χ0) is 12.3. The Bertz CT molecular complexity index is 248. The van der Waals surface area contributed by atoms with Gasteiger partial charge in [-0.25, -0.2) is 4.79 Å². The number of esters is 1. The second-order valence-corrected chi connectivity index (χ2v) is 4.22. The maximum absolute atomic E-state index is 12.0. The van der Waals surface area contributed by atoms with Gasteiger partial charge in [0.1, 0.15) is 5.60 Å². The highest BCUT2D eigenvalue weighted by molar-refractivity contribution is 5.82. The third kappa shape index (κ3) is 6.99. The minimum absolute atomic E-state index is 0.692. The molecular weight excluding hydrogens is 209 g/mol. The maximum Gasteiger partial charge on any atom is 0.394 e. The van der Waals surface area contributed by atoms with Gasteiger partial charge in [-0.1, -0.05) is 13.0 Å². The zero-order valence-corrected chi connectivity index (χ0v) is 9.18. The normalized spacial score (nSPS) is 15.4. The van der Waals surface area contributed by atoms with Crippen LogP contribution >= 0.6 is 0 Å². The van der Waals surface area contributed by atoms with Gasteiger partial charge < -0.3 is 4.74 Å². The fourth-order valence-electron chi connectivity index (χ4n) is 0.668. The molecule has 0 aliphatic carbocycles. The number of carbonyl (C=O) groups excluding carboxylic acids is 1. The quantitative estimate of drug-likeness (QED) is 0.532. The average Bonchev–Trinajstić information content (AvgIpc) is 1.94. The first-order chi connectivity index (χ1) is 6.52. The molecule has 0 amide bonds. The van der Waals surface area contributed by atoms with Crippen LogP contribution in [0.15, 0.2) is 12.2 Å². The number of hydrogen-bond acceptors (Lipinski definition) is 2. The van der Waals surface area contributed by atoms with Gasteiger partial charge in [0.15, 0.2) is 0 Å². The summed E-state index contributed by atoms with van der Waals surface area (Å²) in [6, 6.07) is 0. The molecule has 88 valence electrons. The van der Waals surface area contributed by atoms with Gasteiger partial charge in [-0.15, -0.1) is 0 Å². The number of allylic oxidation sites excluding steroid dienone is 1. The van der Waals surface area contributed by atoms with E-state index in [-0.39, 0.29) is 0 Å². The van der Waals surface area contributed by atoms with Gasteiger partial charge in [0.25, 0.3) is 0 Å². The van der Waals surface area contributed by atoms with Crippen LogP contribution in [0.25, 0.3) is 0 Å². The number of hydrogen-bond donors (Lipinski definition) is 0. The third-order valence-corrected chi connectivity index (χ3v) is 1.44. The van der Waals surface area contributed by atoms with Crippen LogP contribution in [0.2, 0.25) is 0 Å². The summed E-state index contributed by atoms with van der Waals surface area (Å²) in [4.78, 5) is 11.0. The Kier molecular flexibility index (Phi) is 4.37. The fourth-order valence-corrected chi connectivity index (χ4v) is 0.668. The van der Waals surface area contributed by atoms with E-state index in [1.165, 1.54) is 0 Å².